The highest BCUT2D eigenvalue weighted by Crippen LogP contribution is 2.23. The van der Waals surface area contributed by atoms with Gasteiger partial charge in [-0.2, -0.15) is 0 Å². The van der Waals surface area contributed by atoms with Gasteiger partial charge in [0.1, 0.15) is 17.6 Å². The van der Waals surface area contributed by atoms with Crippen molar-refractivity contribution in [3.05, 3.63) is 95.6 Å². The fourth-order valence-corrected chi connectivity index (χ4v) is 2.94. The molecule has 1 atom stereocenters. The zero-order valence-corrected chi connectivity index (χ0v) is 14.3. The zero-order chi connectivity index (χ0) is 17.9. The number of nitrogens with one attached hydrogen (secondary N) is 2. The molecule has 2 aromatic carbocycles. The van der Waals surface area contributed by atoms with Crippen molar-refractivity contribution < 1.29 is 4.79 Å². The van der Waals surface area contributed by atoms with E-state index in [2.05, 4.69) is 26.3 Å². The summed E-state index contributed by atoms with van der Waals surface area (Å²) in [5.41, 5.74) is 4.31. The molecule has 0 aliphatic heterocycles. The maximum absolute atomic E-state index is 12.7. The number of H-pyrrole nitrogens is 1. The van der Waals surface area contributed by atoms with Crippen molar-refractivity contribution in [3.63, 3.8) is 0 Å². The van der Waals surface area contributed by atoms with E-state index in [9.17, 15) is 4.79 Å². The second kappa shape index (κ2) is 6.80. The van der Waals surface area contributed by atoms with E-state index in [-0.39, 0.29) is 5.91 Å². The number of rotatable bonds is 4. The Hall–Kier alpha value is -3.47. The van der Waals surface area contributed by atoms with Crippen LogP contribution in [0.5, 0.6) is 0 Å². The first-order chi connectivity index (χ1) is 12.7. The molecule has 0 aliphatic rings. The van der Waals surface area contributed by atoms with Crippen LogP contribution in [0.15, 0.2) is 72.9 Å². The van der Waals surface area contributed by atoms with Crippen molar-refractivity contribution in [2.45, 2.75) is 13.0 Å². The molecule has 4 rings (SSSR count). The summed E-state index contributed by atoms with van der Waals surface area (Å²) >= 11 is 0. The number of pyridine rings is 1. The molecule has 26 heavy (non-hydrogen) atoms. The summed E-state index contributed by atoms with van der Waals surface area (Å²) in [6.07, 6.45) is 1.61. The second-order valence-corrected chi connectivity index (χ2v) is 6.17. The summed E-state index contributed by atoms with van der Waals surface area (Å²) < 4.78 is 0. The quantitative estimate of drug-likeness (QED) is 0.593. The molecular formula is C21H18N4O. The Morgan fingerprint density at radius 1 is 1.04 bits per heavy atom. The predicted molar refractivity (Wildman–Crippen MR) is 101 cm³/mol. The summed E-state index contributed by atoms with van der Waals surface area (Å²) in [7, 11) is 0. The molecule has 128 valence electrons. The molecule has 5 nitrogen and oxygen atoms in total. The van der Waals surface area contributed by atoms with Crippen molar-refractivity contribution in [3.8, 4) is 0 Å². The van der Waals surface area contributed by atoms with E-state index in [0.717, 1.165) is 22.2 Å². The molecule has 0 aliphatic carbocycles. The number of benzene rings is 2. The number of aromatic amines is 1. The highest BCUT2D eigenvalue weighted by atomic mass is 16.1. The van der Waals surface area contributed by atoms with Gasteiger partial charge in [-0.1, -0.05) is 42.5 Å². The summed E-state index contributed by atoms with van der Waals surface area (Å²) in [5, 5.41) is 3.05. The molecule has 1 amide bonds. The van der Waals surface area contributed by atoms with Crippen LogP contribution >= 0.6 is 0 Å². The Balaban J connectivity index is 1.74. The first-order valence-corrected chi connectivity index (χ1v) is 8.44. The number of carbonyl (C=O) groups is 1. The highest BCUT2D eigenvalue weighted by Gasteiger charge is 2.21. The van der Waals surface area contributed by atoms with Gasteiger partial charge in [0.25, 0.3) is 5.91 Å². The monoisotopic (exact) mass is 342 g/mol. The van der Waals surface area contributed by atoms with Crippen LogP contribution in [-0.4, -0.2) is 20.9 Å². The number of nitrogens with zero attached hydrogens (tertiary/aromatic N) is 2. The van der Waals surface area contributed by atoms with Crippen LogP contribution in [0.2, 0.25) is 0 Å². The van der Waals surface area contributed by atoms with E-state index >= 15 is 0 Å². The van der Waals surface area contributed by atoms with Crippen molar-refractivity contribution >= 4 is 16.9 Å². The molecule has 2 heterocycles. The molecule has 0 saturated carbocycles. The van der Waals surface area contributed by atoms with Gasteiger partial charge in [0.2, 0.25) is 0 Å². The van der Waals surface area contributed by atoms with Crippen LogP contribution in [0.25, 0.3) is 11.0 Å². The van der Waals surface area contributed by atoms with E-state index < -0.39 is 6.04 Å². The summed E-state index contributed by atoms with van der Waals surface area (Å²) in [6.45, 7) is 2.04. The second-order valence-electron chi connectivity index (χ2n) is 6.17. The first kappa shape index (κ1) is 16.0. The lowest BCUT2D eigenvalue weighted by atomic mass is 10.1. The van der Waals surface area contributed by atoms with Gasteiger partial charge in [0, 0.05) is 6.20 Å². The minimum Gasteiger partial charge on any atom is -0.340 e. The normalized spacial score (nSPS) is 12.0. The Kier molecular flexibility index (Phi) is 4.19. The molecule has 0 saturated heterocycles. The molecular weight excluding hydrogens is 324 g/mol. The van der Waals surface area contributed by atoms with E-state index in [1.807, 2.05) is 49.4 Å². The van der Waals surface area contributed by atoms with Gasteiger partial charge < -0.3 is 10.3 Å². The summed E-state index contributed by atoms with van der Waals surface area (Å²) in [5.74, 6) is 0.456. The third-order valence-corrected chi connectivity index (χ3v) is 4.24. The van der Waals surface area contributed by atoms with Gasteiger partial charge >= 0.3 is 0 Å². The number of hydrogen-bond donors (Lipinski definition) is 2. The Morgan fingerprint density at radius 2 is 1.85 bits per heavy atom. The number of fused-ring (bicyclic) bond motifs is 1. The topological polar surface area (TPSA) is 70.7 Å². The molecule has 0 bridgehead atoms. The number of amides is 1. The lowest BCUT2D eigenvalue weighted by Gasteiger charge is -2.17. The maximum Gasteiger partial charge on any atom is 0.270 e. The van der Waals surface area contributed by atoms with Gasteiger partial charge in [-0.25, -0.2) is 4.98 Å². The van der Waals surface area contributed by atoms with Crippen molar-refractivity contribution in [1.82, 2.24) is 20.3 Å². The minimum atomic E-state index is -0.390. The van der Waals surface area contributed by atoms with Crippen molar-refractivity contribution in [2.75, 3.05) is 0 Å². The molecule has 0 spiro atoms. The molecule has 1 unspecified atom stereocenters. The van der Waals surface area contributed by atoms with Crippen LogP contribution in [0, 0.1) is 6.92 Å². The van der Waals surface area contributed by atoms with Crippen LogP contribution in [0.3, 0.4) is 0 Å². The lowest BCUT2D eigenvalue weighted by molar-refractivity contribution is 0.0936. The first-order valence-electron chi connectivity index (χ1n) is 8.44. The standard InChI is InChI=1S/C21H18N4O/c1-14-10-11-16-18(13-14)24-20(23-16)19(15-7-3-2-4-8-15)25-21(26)17-9-5-6-12-22-17/h2-13,19H,1H3,(H,23,24)(H,25,26). The van der Waals surface area contributed by atoms with E-state index in [4.69, 9.17) is 0 Å². The highest BCUT2D eigenvalue weighted by molar-refractivity contribution is 5.92. The molecule has 2 N–H and O–H groups in total. The molecule has 0 radical (unpaired) electrons. The average Bonchev–Trinajstić information content (AvgIpc) is 3.10. The lowest BCUT2D eigenvalue weighted by Crippen LogP contribution is -2.30. The zero-order valence-electron chi connectivity index (χ0n) is 14.3. The SMILES string of the molecule is Cc1ccc2nc(C(NC(=O)c3ccccn3)c3ccccc3)[nH]c2c1. The number of hydrogen-bond acceptors (Lipinski definition) is 3. The molecule has 5 heteroatoms. The number of aromatic nitrogens is 3. The number of imidazole rings is 1. The third kappa shape index (κ3) is 3.19. The molecule has 2 aromatic heterocycles. The van der Waals surface area contributed by atoms with Crippen molar-refractivity contribution in [2.24, 2.45) is 0 Å². The smallest absolute Gasteiger partial charge is 0.270 e. The van der Waals surface area contributed by atoms with Crippen LogP contribution in [-0.2, 0) is 0 Å². The van der Waals surface area contributed by atoms with E-state index in [0.29, 0.717) is 11.5 Å². The fraction of sp³-hybridized carbons (Fsp3) is 0.0952. The fourth-order valence-electron chi connectivity index (χ4n) is 2.94. The largest absolute Gasteiger partial charge is 0.340 e. The van der Waals surface area contributed by atoms with Gasteiger partial charge in [0.05, 0.1) is 11.0 Å². The molecule has 4 aromatic rings. The van der Waals surface area contributed by atoms with Crippen LogP contribution in [0.1, 0.15) is 33.5 Å². The molecule has 0 fully saturated rings. The van der Waals surface area contributed by atoms with Gasteiger partial charge in [-0.3, -0.25) is 9.78 Å². The van der Waals surface area contributed by atoms with E-state index in [1.165, 1.54) is 0 Å². The van der Waals surface area contributed by atoms with Gasteiger partial charge in [-0.05, 0) is 42.3 Å². The van der Waals surface area contributed by atoms with E-state index in [1.54, 1.807) is 24.4 Å². The van der Waals surface area contributed by atoms with Crippen LogP contribution in [0.4, 0.5) is 0 Å². The van der Waals surface area contributed by atoms with Crippen LogP contribution < -0.4 is 5.32 Å². The average molecular weight is 342 g/mol. The summed E-state index contributed by atoms with van der Waals surface area (Å²) in [6, 6.07) is 20.7. The number of carbonyl (C=O) groups excluding carboxylic acids is 1. The Bertz CT molecular complexity index is 1040. The predicted octanol–water partition coefficient (Wildman–Crippen LogP) is 3.79. The number of aryl methyl sites for hydroxylation is 1. The van der Waals surface area contributed by atoms with Crippen molar-refractivity contribution in [1.29, 1.82) is 0 Å². The van der Waals surface area contributed by atoms with Gasteiger partial charge in [0.15, 0.2) is 0 Å². The minimum absolute atomic E-state index is 0.240. The third-order valence-electron chi connectivity index (χ3n) is 4.24. The van der Waals surface area contributed by atoms with Gasteiger partial charge in [-0.15, -0.1) is 0 Å². The Morgan fingerprint density at radius 3 is 2.62 bits per heavy atom. The maximum atomic E-state index is 12.7. The Labute approximate surface area is 151 Å². The summed E-state index contributed by atoms with van der Waals surface area (Å²) in [4.78, 5) is 24.8.